The summed E-state index contributed by atoms with van der Waals surface area (Å²) in [7, 11) is 0. The largest absolute Gasteiger partial charge is 0.455 e. The van der Waals surface area contributed by atoms with Crippen LogP contribution in [0.5, 0.6) is 0 Å². The zero-order valence-electron chi connectivity index (χ0n) is 25.6. The van der Waals surface area contributed by atoms with Gasteiger partial charge in [-0.25, -0.2) is 0 Å². The molecule has 0 atom stereocenters. The average Bonchev–Trinajstić information content (AvgIpc) is 3.72. The molecular formula is C44H24N2O2. The van der Waals surface area contributed by atoms with Gasteiger partial charge in [0.2, 0.25) is 0 Å². The summed E-state index contributed by atoms with van der Waals surface area (Å²) in [5, 5.41) is 23.7. The lowest BCUT2D eigenvalue weighted by molar-refractivity contribution is 0.665. The number of hydrogen-bond acceptors (Lipinski definition) is 4. The van der Waals surface area contributed by atoms with Gasteiger partial charge in [0.1, 0.15) is 28.4 Å². The Bertz CT molecular complexity index is 2730. The van der Waals surface area contributed by atoms with Crippen molar-refractivity contribution in [1.29, 1.82) is 10.5 Å². The van der Waals surface area contributed by atoms with Gasteiger partial charge < -0.3 is 8.83 Å². The van der Waals surface area contributed by atoms with Crippen LogP contribution in [-0.4, -0.2) is 0 Å². The monoisotopic (exact) mass is 612 g/mol. The fraction of sp³-hybridized carbons (Fsp3) is 0. The van der Waals surface area contributed by atoms with Crippen molar-refractivity contribution < 1.29 is 8.83 Å². The van der Waals surface area contributed by atoms with Crippen molar-refractivity contribution in [3.8, 4) is 56.6 Å². The molecule has 0 unspecified atom stereocenters. The minimum atomic E-state index is 0.597. The van der Waals surface area contributed by atoms with Gasteiger partial charge in [-0.2, -0.15) is 10.5 Å². The molecule has 48 heavy (non-hydrogen) atoms. The minimum absolute atomic E-state index is 0.597. The molecule has 0 fully saturated rings. The Hall–Kier alpha value is -6.88. The van der Waals surface area contributed by atoms with Crippen molar-refractivity contribution in [3.63, 3.8) is 0 Å². The van der Waals surface area contributed by atoms with E-state index in [0.29, 0.717) is 11.1 Å². The molecule has 4 nitrogen and oxygen atoms in total. The summed E-state index contributed by atoms with van der Waals surface area (Å²) in [5.41, 5.74) is 12.0. The summed E-state index contributed by atoms with van der Waals surface area (Å²) in [4.78, 5) is 0. The number of rotatable bonds is 4. The van der Waals surface area contributed by atoms with Gasteiger partial charge in [0.15, 0.2) is 0 Å². The van der Waals surface area contributed by atoms with E-state index >= 15 is 0 Å². The van der Waals surface area contributed by atoms with Gasteiger partial charge in [-0.3, -0.25) is 0 Å². The minimum Gasteiger partial charge on any atom is -0.455 e. The van der Waals surface area contributed by atoms with E-state index in [1.165, 1.54) is 0 Å². The van der Waals surface area contributed by atoms with E-state index in [2.05, 4.69) is 60.7 Å². The van der Waals surface area contributed by atoms with Crippen LogP contribution in [0.2, 0.25) is 0 Å². The SMILES string of the molecule is N#Cc1ccc2oc3c(-c4cccc5c4oc4ccc(-c6cc(-c7ccccc7)c(C#N)c(-c7ccccc7)c6)cc45)cccc3c2c1. The number of fused-ring (bicyclic) bond motifs is 6. The van der Waals surface area contributed by atoms with Crippen molar-refractivity contribution in [2.24, 2.45) is 0 Å². The van der Waals surface area contributed by atoms with Crippen LogP contribution in [0.1, 0.15) is 11.1 Å². The molecule has 0 N–H and O–H groups in total. The predicted molar refractivity (Wildman–Crippen MR) is 192 cm³/mol. The number of para-hydroxylation sites is 2. The Morgan fingerprint density at radius 1 is 0.375 bits per heavy atom. The first-order valence-corrected chi connectivity index (χ1v) is 15.7. The number of furan rings is 2. The van der Waals surface area contributed by atoms with Gasteiger partial charge in [0.25, 0.3) is 0 Å². The van der Waals surface area contributed by atoms with Crippen molar-refractivity contribution >= 4 is 43.9 Å². The molecule has 2 heterocycles. The van der Waals surface area contributed by atoms with Crippen LogP contribution in [0.15, 0.2) is 154 Å². The molecule has 9 aromatic rings. The van der Waals surface area contributed by atoms with Gasteiger partial charge in [-0.1, -0.05) is 103 Å². The second kappa shape index (κ2) is 10.9. The normalized spacial score (nSPS) is 11.3. The summed E-state index contributed by atoms with van der Waals surface area (Å²) in [5.74, 6) is 0. The summed E-state index contributed by atoms with van der Waals surface area (Å²) < 4.78 is 13.0. The number of hydrogen-bond donors (Lipinski definition) is 0. The van der Waals surface area contributed by atoms with E-state index in [4.69, 9.17) is 8.83 Å². The third kappa shape index (κ3) is 4.29. The number of nitrogens with zero attached hydrogens (tertiary/aromatic N) is 2. The maximum atomic E-state index is 10.4. The Labute approximate surface area is 275 Å². The van der Waals surface area contributed by atoms with E-state index in [-0.39, 0.29) is 0 Å². The maximum Gasteiger partial charge on any atom is 0.143 e. The molecular weight excluding hydrogens is 588 g/mol. The molecule has 9 rings (SSSR count). The number of benzene rings is 7. The van der Waals surface area contributed by atoms with Crippen molar-refractivity contribution in [1.82, 2.24) is 0 Å². The zero-order valence-corrected chi connectivity index (χ0v) is 25.6. The van der Waals surface area contributed by atoms with E-state index in [1.54, 1.807) is 6.07 Å². The van der Waals surface area contributed by atoms with Gasteiger partial charge in [0, 0.05) is 43.8 Å². The highest BCUT2D eigenvalue weighted by molar-refractivity contribution is 6.15. The highest BCUT2D eigenvalue weighted by Gasteiger charge is 2.19. The first-order valence-electron chi connectivity index (χ1n) is 15.7. The summed E-state index contributed by atoms with van der Waals surface area (Å²) >= 11 is 0. The van der Waals surface area contributed by atoms with Crippen molar-refractivity contribution in [2.45, 2.75) is 0 Å². The highest BCUT2D eigenvalue weighted by Crippen LogP contribution is 2.43. The molecule has 222 valence electrons. The summed E-state index contributed by atoms with van der Waals surface area (Å²) in [6, 6.07) is 53.3. The first-order chi connectivity index (χ1) is 23.7. The van der Waals surface area contributed by atoms with E-state index in [0.717, 1.165) is 88.4 Å². The standard InChI is InChI=1S/C44H24N2O2/c45-25-27-17-19-41-38(21-27)34-15-7-13-32(43(34)47-41)33-14-8-16-35-39-22-30(18-20-42(39)48-44(33)35)31-23-36(28-9-3-1-4-10-28)40(26-46)37(24-31)29-11-5-2-6-12-29/h1-24H. The predicted octanol–water partition coefficient (Wildman–Crippen LogP) is 11.9. The van der Waals surface area contributed by atoms with Crippen LogP contribution in [0.3, 0.4) is 0 Å². The maximum absolute atomic E-state index is 10.4. The van der Waals surface area contributed by atoms with Crippen LogP contribution >= 0.6 is 0 Å². The fourth-order valence-electron chi connectivity index (χ4n) is 6.89. The Morgan fingerprint density at radius 2 is 0.917 bits per heavy atom. The lowest BCUT2D eigenvalue weighted by atomic mass is 9.88. The van der Waals surface area contributed by atoms with E-state index in [1.807, 2.05) is 91.0 Å². The summed E-state index contributed by atoms with van der Waals surface area (Å²) in [6.07, 6.45) is 0. The molecule has 4 heteroatoms. The lowest BCUT2D eigenvalue weighted by Gasteiger charge is -2.14. The number of nitriles is 2. The van der Waals surface area contributed by atoms with Crippen LogP contribution in [0.4, 0.5) is 0 Å². The van der Waals surface area contributed by atoms with Crippen molar-refractivity contribution in [2.75, 3.05) is 0 Å². The second-order valence-corrected chi connectivity index (χ2v) is 11.9. The van der Waals surface area contributed by atoms with Crippen LogP contribution in [0, 0.1) is 22.7 Å². The Kier molecular flexibility index (Phi) is 6.22. The molecule has 0 amide bonds. The van der Waals surface area contributed by atoms with Gasteiger partial charge >= 0.3 is 0 Å². The zero-order chi connectivity index (χ0) is 32.2. The lowest BCUT2D eigenvalue weighted by Crippen LogP contribution is -1.92. The molecule has 0 saturated carbocycles. The van der Waals surface area contributed by atoms with Crippen LogP contribution < -0.4 is 0 Å². The second-order valence-electron chi connectivity index (χ2n) is 11.9. The van der Waals surface area contributed by atoms with Crippen LogP contribution in [-0.2, 0) is 0 Å². The van der Waals surface area contributed by atoms with E-state index < -0.39 is 0 Å². The fourth-order valence-corrected chi connectivity index (χ4v) is 6.89. The molecule has 0 aliphatic rings. The topological polar surface area (TPSA) is 73.9 Å². The molecule has 0 spiro atoms. The first kappa shape index (κ1) is 27.4. The molecule has 7 aromatic carbocycles. The average molecular weight is 613 g/mol. The smallest absolute Gasteiger partial charge is 0.143 e. The quantitative estimate of drug-likeness (QED) is 0.198. The molecule has 0 bridgehead atoms. The molecule has 0 aliphatic carbocycles. The van der Waals surface area contributed by atoms with E-state index in [9.17, 15) is 10.5 Å². The highest BCUT2D eigenvalue weighted by atomic mass is 16.3. The van der Waals surface area contributed by atoms with Gasteiger partial charge in [-0.05, 0) is 64.7 Å². The molecule has 0 aliphatic heterocycles. The Balaban J connectivity index is 1.24. The molecule has 2 aromatic heterocycles. The molecule has 0 saturated heterocycles. The molecule has 0 radical (unpaired) electrons. The third-order valence-corrected chi connectivity index (χ3v) is 9.17. The van der Waals surface area contributed by atoms with Crippen molar-refractivity contribution in [3.05, 3.63) is 157 Å². The third-order valence-electron chi connectivity index (χ3n) is 9.17. The summed E-state index contributed by atoms with van der Waals surface area (Å²) in [6.45, 7) is 0. The Morgan fingerprint density at radius 3 is 1.46 bits per heavy atom. The van der Waals surface area contributed by atoms with Gasteiger partial charge in [-0.15, -0.1) is 0 Å². The van der Waals surface area contributed by atoms with Gasteiger partial charge in [0.05, 0.1) is 17.2 Å². The van der Waals surface area contributed by atoms with Crippen LogP contribution in [0.25, 0.3) is 88.4 Å².